The lowest BCUT2D eigenvalue weighted by Crippen LogP contribution is -2.31. The molecule has 5 heteroatoms. The van der Waals surface area contributed by atoms with Gasteiger partial charge in [0.05, 0.1) is 0 Å². The molecule has 1 unspecified atom stereocenters. The van der Waals surface area contributed by atoms with Gasteiger partial charge in [-0.05, 0) is 25.8 Å². The van der Waals surface area contributed by atoms with Crippen molar-refractivity contribution in [1.82, 2.24) is 15.5 Å². The van der Waals surface area contributed by atoms with Gasteiger partial charge in [-0.15, -0.1) is 0 Å². The molecule has 0 radical (unpaired) electrons. The normalized spacial score (nSPS) is 12.8. The van der Waals surface area contributed by atoms with Gasteiger partial charge in [0.1, 0.15) is 0 Å². The van der Waals surface area contributed by atoms with E-state index in [-0.39, 0.29) is 0 Å². The SMILES string of the molecule is CCCNC(CC)Cc1nc(CCCOC)no1. The molecule has 0 aliphatic carbocycles. The predicted molar refractivity (Wildman–Crippen MR) is 70.6 cm³/mol. The van der Waals surface area contributed by atoms with Gasteiger partial charge >= 0.3 is 0 Å². The third-order valence-electron chi connectivity index (χ3n) is 2.86. The largest absolute Gasteiger partial charge is 0.385 e. The molecule has 0 aromatic carbocycles. The monoisotopic (exact) mass is 255 g/mol. The fraction of sp³-hybridized carbons (Fsp3) is 0.846. The lowest BCUT2D eigenvalue weighted by Gasteiger charge is -2.13. The Balaban J connectivity index is 2.36. The summed E-state index contributed by atoms with van der Waals surface area (Å²) in [5, 5.41) is 7.47. The molecule has 0 amide bonds. The topological polar surface area (TPSA) is 60.2 Å². The quantitative estimate of drug-likeness (QED) is 0.648. The molecule has 1 N–H and O–H groups in total. The van der Waals surface area contributed by atoms with E-state index in [1.54, 1.807) is 7.11 Å². The number of methoxy groups -OCH3 is 1. The van der Waals surface area contributed by atoms with E-state index in [1.165, 1.54) is 0 Å². The van der Waals surface area contributed by atoms with E-state index >= 15 is 0 Å². The summed E-state index contributed by atoms with van der Waals surface area (Å²) in [6, 6.07) is 0.428. The van der Waals surface area contributed by atoms with Crippen LogP contribution in [0.1, 0.15) is 44.8 Å². The summed E-state index contributed by atoms with van der Waals surface area (Å²) in [7, 11) is 1.70. The summed E-state index contributed by atoms with van der Waals surface area (Å²) >= 11 is 0. The third-order valence-corrected chi connectivity index (χ3v) is 2.86. The summed E-state index contributed by atoms with van der Waals surface area (Å²) in [6.07, 6.45) is 4.77. The van der Waals surface area contributed by atoms with Crippen molar-refractivity contribution in [1.29, 1.82) is 0 Å². The highest BCUT2D eigenvalue weighted by molar-refractivity contribution is 4.89. The number of aryl methyl sites for hydroxylation is 1. The van der Waals surface area contributed by atoms with Crippen molar-refractivity contribution in [2.24, 2.45) is 0 Å². The van der Waals surface area contributed by atoms with Crippen molar-refractivity contribution in [3.05, 3.63) is 11.7 Å². The first-order valence-corrected chi connectivity index (χ1v) is 6.83. The minimum Gasteiger partial charge on any atom is -0.385 e. The number of hydrogen-bond acceptors (Lipinski definition) is 5. The molecule has 0 bridgehead atoms. The van der Waals surface area contributed by atoms with Crippen molar-refractivity contribution < 1.29 is 9.26 Å². The van der Waals surface area contributed by atoms with E-state index in [4.69, 9.17) is 9.26 Å². The highest BCUT2D eigenvalue weighted by Crippen LogP contribution is 2.05. The second-order valence-electron chi connectivity index (χ2n) is 4.46. The minimum atomic E-state index is 0.428. The van der Waals surface area contributed by atoms with E-state index in [2.05, 4.69) is 29.3 Å². The second-order valence-corrected chi connectivity index (χ2v) is 4.46. The first-order chi connectivity index (χ1) is 8.80. The van der Waals surface area contributed by atoms with Crippen LogP contribution in [0.5, 0.6) is 0 Å². The van der Waals surface area contributed by atoms with Gasteiger partial charge in [0.2, 0.25) is 5.89 Å². The molecule has 5 nitrogen and oxygen atoms in total. The molecule has 0 saturated carbocycles. The van der Waals surface area contributed by atoms with Crippen LogP contribution < -0.4 is 5.32 Å². The van der Waals surface area contributed by atoms with Crippen LogP contribution in [0.4, 0.5) is 0 Å². The molecule has 104 valence electrons. The summed E-state index contributed by atoms with van der Waals surface area (Å²) in [5.41, 5.74) is 0. The lowest BCUT2D eigenvalue weighted by atomic mass is 10.1. The van der Waals surface area contributed by atoms with Crippen molar-refractivity contribution in [3.8, 4) is 0 Å². The molecule has 0 aliphatic heterocycles. The van der Waals surface area contributed by atoms with E-state index in [9.17, 15) is 0 Å². The fourth-order valence-electron chi connectivity index (χ4n) is 1.77. The summed E-state index contributed by atoms with van der Waals surface area (Å²) in [4.78, 5) is 4.40. The lowest BCUT2D eigenvalue weighted by molar-refractivity contribution is 0.194. The molecule has 1 rings (SSSR count). The highest BCUT2D eigenvalue weighted by Gasteiger charge is 2.12. The summed E-state index contributed by atoms with van der Waals surface area (Å²) < 4.78 is 10.3. The van der Waals surface area contributed by atoms with Gasteiger partial charge in [-0.25, -0.2) is 0 Å². The third kappa shape index (κ3) is 5.60. The molecule has 1 aromatic heterocycles. The zero-order valence-electron chi connectivity index (χ0n) is 11.7. The number of aromatic nitrogens is 2. The molecule has 1 heterocycles. The predicted octanol–water partition coefficient (Wildman–Crippen LogP) is 1.97. The van der Waals surface area contributed by atoms with Crippen molar-refractivity contribution in [2.45, 2.75) is 52.0 Å². The Labute approximate surface area is 109 Å². The first-order valence-electron chi connectivity index (χ1n) is 6.83. The first kappa shape index (κ1) is 15.1. The van der Waals surface area contributed by atoms with Crippen LogP contribution in [-0.2, 0) is 17.6 Å². The Morgan fingerprint density at radius 2 is 2.22 bits per heavy atom. The molecular weight excluding hydrogens is 230 g/mol. The average molecular weight is 255 g/mol. The molecule has 0 spiro atoms. The standard InChI is InChI=1S/C13H25N3O2/c1-4-8-14-11(5-2)10-13-15-12(16-18-13)7-6-9-17-3/h11,14H,4-10H2,1-3H3. The molecule has 0 fully saturated rings. The number of nitrogens with one attached hydrogen (secondary N) is 1. The van der Waals surface area contributed by atoms with Gasteiger partial charge in [0.25, 0.3) is 0 Å². The molecule has 0 aliphatic rings. The van der Waals surface area contributed by atoms with Crippen LogP contribution >= 0.6 is 0 Å². The van der Waals surface area contributed by atoms with Crippen LogP contribution in [0.2, 0.25) is 0 Å². The number of ether oxygens (including phenoxy) is 1. The van der Waals surface area contributed by atoms with Crippen molar-refractivity contribution >= 4 is 0 Å². The number of nitrogens with zero attached hydrogens (tertiary/aromatic N) is 2. The smallest absolute Gasteiger partial charge is 0.228 e. The van der Waals surface area contributed by atoms with Crippen LogP contribution in [0.15, 0.2) is 4.52 Å². The Kier molecular flexibility index (Phi) is 7.60. The summed E-state index contributed by atoms with van der Waals surface area (Å²) in [6.45, 7) is 6.11. The van der Waals surface area contributed by atoms with Gasteiger partial charge in [-0.2, -0.15) is 4.98 Å². The van der Waals surface area contributed by atoms with Gasteiger partial charge in [-0.3, -0.25) is 0 Å². The summed E-state index contributed by atoms with van der Waals surface area (Å²) in [5.74, 6) is 1.52. The second kappa shape index (κ2) is 9.05. The maximum Gasteiger partial charge on any atom is 0.228 e. The van der Waals surface area contributed by atoms with Gasteiger partial charge in [0.15, 0.2) is 5.82 Å². The van der Waals surface area contributed by atoms with Crippen LogP contribution in [0.25, 0.3) is 0 Å². The van der Waals surface area contributed by atoms with Crippen molar-refractivity contribution in [3.63, 3.8) is 0 Å². The highest BCUT2D eigenvalue weighted by atomic mass is 16.5. The van der Waals surface area contributed by atoms with E-state index in [0.717, 1.165) is 57.0 Å². The fourth-order valence-corrected chi connectivity index (χ4v) is 1.77. The zero-order valence-corrected chi connectivity index (χ0v) is 11.7. The molecule has 1 aromatic rings. The molecule has 0 saturated heterocycles. The van der Waals surface area contributed by atoms with E-state index in [0.29, 0.717) is 6.04 Å². The average Bonchev–Trinajstić information content (AvgIpc) is 2.82. The van der Waals surface area contributed by atoms with Crippen LogP contribution in [-0.4, -0.2) is 36.4 Å². The van der Waals surface area contributed by atoms with Gasteiger partial charge in [0, 0.05) is 32.6 Å². The zero-order chi connectivity index (χ0) is 13.2. The molecular formula is C13H25N3O2. The molecule has 1 atom stereocenters. The van der Waals surface area contributed by atoms with Crippen LogP contribution in [0, 0.1) is 0 Å². The minimum absolute atomic E-state index is 0.428. The van der Waals surface area contributed by atoms with Crippen molar-refractivity contribution in [2.75, 3.05) is 20.3 Å². The van der Waals surface area contributed by atoms with Gasteiger partial charge in [-0.1, -0.05) is 19.0 Å². The number of hydrogen-bond donors (Lipinski definition) is 1. The Hall–Kier alpha value is -0.940. The van der Waals surface area contributed by atoms with Crippen LogP contribution in [0.3, 0.4) is 0 Å². The maximum absolute atomic E-state index is 5.27. The Morgan fingerprint density at radius 1 is 1.39 bits per heavy atom. The van der Waals surface area contributed by atoms with Gasteiger partial charge < -0.3 is 14.6 Å². The Bertz CT molecular complexity index is 315. The van der Waals surface area contributed by atoms with E-state index in [1.807, 2.05) is 0 Å². The van der Waals surface area contributed by atoms with E-state index < -0.39 is 0 Å². The Morgan fingerprint density at radius 3 is 2.89 bits per heavy atom. The molecule has 18 heavy (non-hydrogen) atoms. The maximum atomic E-state index is 5.27. The number of rotatable bonds is 10.